The van der Waals surface area contributed by atoms with Crippen LogP contribution in [0.15, 0.2) is 22.7 Å². The molecule has 140 valence electrons. The van der Waals surface area contributed by atoms with Crippen LogP contribution in [0.2, 0.25) is 0 Å². The third-order valence-corrected chi connectivity index (χ3v) is 4.90. The number of nitrogens with zero attached hydrogens (tertiary/aromatic N) is 1. The molecule has 1 heterocycles. The van der Waals surface area contributed by atoms with Crippen molar-refractivity contribution in [1.82, 2.24) is 10.2 Å². The fourth-order valence-electron chi connectivity index (χ4n) is 2.81. The number of ether oxygens (including phenoxy) is 2. The van der Waals surface area contributed by atoms with E-state index < -0.39 is 5.60 Å². The summed E-state index contributed by atoms with van der Waals surface area (Å²) in [5, 5.41) is 2.95. The van der Waals surface area contributed by atoms with Crippen molar-refractivity contribution in [1.29, 1.82) is 0 Å². The molecule has 0 spiro atoms. The average Bonchev–Trinajstić information content (AvgIpc) is 2.92. The van der Waals surface area contributed by atoms with E-state index >= 15 is 0 Å². The third kappa shape index (κ3) is 7.24. The largest absolute Gasteiger partial charge is 0.494 e. The highest BCUT2D eigenvalue weighted by Crippen LogP contribution is 2.21. The molecule has 0 saturated carbocycles. The Hall–Kier alpha value is -1.27. The Morgan fingerprint density at radius 2 is 2.16 bits per heavy atom. The topological polar surface area (TPSA) is 50.8 Å². The second-order valence-corrected chi connectivity index (χ2v) is 8.40. The molecule has 0 aromatic heterocycles. The zero-order valence-corrected chi connectivity index (χ0v) is 17.2. The van der Waals surface area contributed by atoms with Gasteiger partial charge in [-0.1, -0.05) is 15.9 Å². The molecule has 1 atom stereocenters. The molecule has 1 aliphatic rings. The minimum atomic E-state index is -0.453. The molecule has 0 radical (unpaired) electrons. The maximum Gasteiger partial charge on any atom is 0.407 e. The molecule has 1 saturated heterocycles. The van der Waals surface area contributed by atoms with Crippen molar-refractivity contribution in [2.75, 3.05) is 26.2 Å². The van der Waals surface area contributed by atoms with Gasteiger partial charge in [0.2, 0.25) is 0 Å². The van der Waals surface area contributed by atoms with Crippen LogP contribution in [0.1, 0.15) is 39.2 Å². The van der Waals surface area contributed by atoms with Crippen LogP contribution in [0.4, 0.5) is 4.79 Å². The zero-order valence-electron chi connectivity index (χ0n) is 15.6. The van der Waals surface area contributed by atoms with Gasteiger partial charge < -0.3 is 19.7 Å². The molecule has 1 fully saturated rings. The minimum Gasteiger partial charge on any atom is -0.494 e. The molecule has 6 heteroatoms. The monoisotopic (exact) mass is 412 g/mol. The second-order valence-electron chi connectivity index (χ2n) is 7.55. The van der Waals surface area contributed by atoms with Crippen LogP contribution >= 0.6 is 15.9 Å². The number of halogens is 1. The summed E-state index contributed by atoms with van der Waals surface area (Å²) in [4.78, 5) is 14.2. The van der Waals surface area contributed by atoms with E-state index in [-0.39, 0.29) is 12.1 Å². The summed E-state index contributed by atoms with van der Waals surface area (Å²) in [6, 6.07) is 6.21. The number of carbonyl (C=O) groups excluding carboxylic acids is 1. The van der Waals surface area contributed by atoms with Gasteiger partial charge in [0.1, 0.15) is 11.4 Å². The van der Waals surface area contributed by atoms with Gasteiger partial charge in [0.15, 0.2) is 0 Å². The van der Waals surface area contributed by atoms with E-state index in [1.54, 1.807) is 0 Å². The van der Waals surface area contributed by atoms with Crippen molar-refractivity contribution in [3.8, 4) is 5.75 Å². The highest BCUT2D eigenvalue weighted by Gasteiger charge is 2.25. The van der Waals surface area contributed by atoms with E-state index in [2.05, 4.69) is 33.1 Å². The summed E-state index contributed by atoms with van der Waals surface area (Å²) in [6.45, 7) is 11.2. The molecule has 1 amide bonds. The first kappa shape index (κ1) is 20.0. The summed E-state index contributed by atoms with van der Waals surface area (Å²) in [7, 11) is 0. The fourth-order valence-corrected chi connectivity index (χ4v) is 3.06. The Labute approximate surface area is 159 Å². The predicted octanol–water partition coefficient (Wildman–Crippen LogP) is 4.13. The average molecular weight is 413 g/mol. The first-order chi connectivity index (χ1) is 11.7. The van der Waals surface area contributed by atoms with Crippen molar-refractivity contribution in [3.05, 3.63) is 28.2 Å². The number of rotatable bonds is 6. The number of benzene rings is 1. The lowest BCUT2D eigenvalue weighted by atomic mass is 10.2. The van der Waals surface area contributed by atoms with Gasteiger partial charge in [-0.3, -0.25) is 0 Å². The predicted molar refractivity (Wildman–Crippen MR) is 103 cm³/mol. The van der Waals surface area contributed by atoms with Gasteiger partial charge in [-0.25, -0.2) is 4.79 Å². The normalized spacial score (nSPS) is 18.2. The lowest BCUT2D eigenvalue weighted by Crippen LogP contribution is -2.40. The van der Waals surface area contributed by atoms with Crippen LogP contribution in [-0.2, 0) is 4.74 Å². The van der Waals surface area contributed by atoms with Crippen LogP contribution in [0.5, 0.6) is 5.75 Å². The molecule has 1 unspecified atom stereocenters. The van der Waals surface area contributed by atoms with Gasteiger partial charge in [0.25, 0.3) is 0 Å². The van der Waals surface area contributed by atoms with Gasteiger partial charge in [0, 0.05) is 30.1 Å². The van der Waals surface area contributed by atoms with E-state index in [0.29, 0.717) is 6.61 Å². The number of alkyl carbamates (subject to hydrolysis) is 1. The SMILES string of the molecule is Cc1cc(OCCCN2CCC(NC(=O)OC(C)(C)C)C2)ccc1Br. The van der Waals surface area contributed by atoms with E-state index in [0.717, 1.165) is 42.7 Å². The summed E-state index contributed by atoms with van der Waals surface area (Å²) in [5.74, 6) is 0.909. The maximum absolute atomic E-state index is 11.8. The van der Waals surface area contributed by atoms with Gasteiger partial charge in [-0.2, -0.15) is 0 Å². The van der Waals surface area contributed by atoms with E-state index in [1.807, 2.05) is 39.0 Å². The number of hydrogen-bond acceptors (Lipinski definition) is 4. The Kier molecular flexibility index (Phi) is 7.14. The van der Waals surface area contributed by atoms with Crippen molar-refractivity contribution in [2.45, 2.75) is 52.2 Å². The molecule has 2 rings (SSSR count). The summed E-state index contributed by atoms with van der Waals surface area (Å²) >= 11 is 3.49. The second kappa shape index (κ2) is 8.90. The molecular formula is C19H29BrN2O3. The molecule has 0 aliphatic carbocycles. The summed E-state index contributed by atoms with van der Waals surface area (Å²) < 4.78 is 12.2. The molecule has 1 N–H and O–H groups in total. The molecule has 1 aromatic carbocycles. The highest BCUT2D eigenvalue weighted by atomic mass is 79.9. The summed E-state index contributed by atoms with van der Waals surface area (Å²) in [5.41, 5.74) is 0.721. The fraction of sp³-hybridized carbons (Fsp3) is 0.632. The van der Waals surface area contributed by atoms with Gasteiger partial charge in [-0.15, -0.1) is 0 Å². The van der Waals surface area contributed by atoms with Crippen molar-refractivity contribution in [3.63, 3.8) is 0 Å². The molecule has 1 aliphatic heterocycles. The Balaban J connectivity index is 1.63. The number of likely N-dealkylation sites (tertiary alicyclic amines) is 1. The number of carbonyl (C=O) groups is 1. The molecule has 0 bridgehead atoms. The van der Waals surface area contributed by atoms with Gasteiger partial charge in [-0.05, 0) is 64.3 Å². The minimum absolute atomic E-state index is 0.171. The molecular weight excluding hydrogens is 384 g/mol. The first-order valence-corrected chi connectivity index (χ1v) is 9.63. The van der Waals surface area contributed by atoms with Crippen molar-refractivity contribution < 1.29 is 14.3 Å². The summed E-state index contributed by atoms with van der Waals surface area (Å²) in [6.07, 6.45) is 1.61. The maximum atomic E-state index is 11.8. The quantitative estimate of drug-likeness (QED) is 0.713. The molecule has 5 nitrogen and oxygen atoms in total. The lowest BCUT2D eigenvalue weighted by molar-refractivity contribution is 0.0505. The smallest absolute Gasteiger partial charge is 0.407 e. The Morgan fingerprint density at radius 3 is 2.84 bits per heavy atom. The van der Waals surface area contributed by atoms with E-state index in [9.17, 15) is 4.79 Å². The highest BCUT2D eigenvalue weighted by molar-refractivity contribution is 9.10. The van der Waals surface area contributed by atoms with Crippen LogP contribution in [-0.4, -0.2) is 48.9 Å². The number of nitrogens with one attached hydrogen (secondary N) is 1. The van der Waals surface area contributed by atoms with E-state index in [1.165, 1.54) is 5.56 Å². The zero-order chi connectivity index (χ0) is 18.4. The number of hydrogen-bond donors (Lipinski definition) is 1. The molecule has 25 heavy (non-hydrogen) atoms. The van der Waals surface area contributed by atoms with Crippen molar-refractivity contribution in [2.24, 2.45) is 0 Å². The van der Waals surface area contributed by atoms with E-state index in [4.69, 9.17) is 9.47 Å². The first-order valence-electron chi connectivity index (χ1n) is 8.84. The Morgan fingerprint density at radius 1 is 1.40 bits per heavy atom. The van der Waals surface area contributed by atoms with Crippen LogP contribution in [0, 0.1) is 6.92 Å². The van der Waals surface area contributed by atoms with Crippen LogP contribution < -0.4 is 10.1 Å². The molecule has 1 aromatic rings. The Bertz CT molecular complexity index is 587. The number of aryl methyl sites for hydroxylation is 1. The lowest BCUT2D eigenvalue weighted by Gasteiger charge is -2.22. The number of amides is 1. The standard InChI is InChI=1S/C19H29BrN2O3/c1-14-12-16(6-7-17(14)20)24-11-5-9-22-10-8-15(13-22)21-18(23)25-19(2,3)4/h6-7,12,15H,5,8-11,13H2,1-4H3,(H,21,23). The third-order valence-electron chi connectivity index (χ3n) is 4.01. The van der Waals surface area contributed by atoms with Gasteiger partial charge in [0.05, 0.1) is 6.61 Å². The van der Waals surface area contributed by atoms with Gasteiger partial charge >= 0.3 is 6.09 Å². The van der Waals surface area contributed by atoms with Crippen molar-refractivity contribution >= 4 is 22.0 Å². The van der Waals surface area contributed by atoms with Crippen LogP contribution in [0.25, 0.3) is 0 Å². The van der Waals surface area contributed by atoms with Crippen LogP contribution in [0.3, 0.4) is 0 Å².